The first-order valence-electron chi connectivity index (χ1n) is 8.86. The summed E-state index contributed by atoms with van der Waals surface area (Å²) in [6.45, 7) is 0.583. The maximum absolute atomic E-state index is 12.1. The number of nitrogens with zero attached hydrogens (tertiary/aromatic N) is 2. The van der Waals surface area contributed by atoms with Crippen LogP contribution >= 0.6 is 0 Å². The van der Waals surface area contributed by atoms with Gasteiger partial charge in [-0.3, -0.25) is 14.8 Å². The second kappa shape index (κ2) is 9.18. The van der Waals surface area contributed by atoms with Crippen molar-refractivity contribution in [3.8, 4) is 5.75 Å². The summed E-state index contributed by atoms with van der Waals surface area (Å²) in [4.78, 5) is 20.3. The summed E-state index contributed by atoms with van der Waals surface area (Å²) in [6.07, 6.45) is 1.43. The van der Waals surface area contributed by atoms with Gasteiger partial charge in [0.05, 0.1) is 18.2 Å². The van der Waals surface area contributed by atoms with Gasteiger partial charge >= 0.3 is 6.18 Å². The van der Waals surface area contributed by atoms with Gasteiger partial charge in [-0.05, 0) is 24.3 Å². The molecule has 0 aliphatic carbocycles. The van der Waals surface area contributed by atoms with Crippen LogP contribution in [0.25, 0.3) is 0 Å². The number of pyridine rings is 2. The summed E-state index contributed by atoms with van der Waals surface area (Å²) in [6, 6.07) is 13.3. The predicted molar refractivity (Wildman–Crippen MR) is 100 cm³/mol. The fourth-order valence-electron chi connectivity index (χ4n) is 2.72. The largest absolute Gasteiger partial charge is 0.491 e. The van der Waals surface area contributed by atoms with Gasteiger partial charge in [-0.15, -0.1) is 0 Å². The third-order valence-corrected chi connectivity index (χ3v) is 4.14. The van der Waals surface area contributed by atoms with E-state index in [2.05, 4.69) is 15.3 Å². The molecule has 1 aliphatic heterocycles. The number of carbonyl (C=O) groups excluding carboxylic acids is 1. The molecule has 8 heteroatoms. The molecule has 1 aliphatic rings. The lowest BCUT2D eigenvalue weighted by molar-refractivity contribution is -0.137. The van der Waals surface area contributed by atoms with Gasteiger partial charge in [0.15, 0.2) is 0 Å². The topological polar surface area (TPSA) is 64.1 Å². The summed E-state index contributed by atoms with van der Waals surface area (Å²) < 4.78 is 40.9. The molecule has 1 amide bonds. The zero-order valence-corrected chi connectivity index (χ0v) is 15.3. The van der Waals surface area contributed by atoms with Crippen molar-refractivity contribution in [2.75, 3.05) is 6.61 Å². The molecule has 1 N–H and O–H groups in total. The molecular formula is C21H18F3N3O2. The van der Waals surface area contributed by atoms with E-state index in [1.54, 1.807) is 36.8 Å². The zero-order chi connectivity index (χ0) is 20.7. The molecule has 5 nitrogen and oxygen atoms in total. The Balaban J connectivity index is 0.000000204. The van der Waals surface area contributed by atoms with Gasteiger partial charge in [0.1, 0.15) is 11.4 Å². The smallest absolute Gasteiger partial charge is 0.416 e. The average molecular weight is 401 g/mol. The summed E-state index contributed by atoms with van der Waals surface area (Å²) >= 11 is 0. The van der Waals surface area contributed by atoms with Crippen molar-refractivity contribution in [2.24, 2.45) is 0 Å². The van der Waals surface area contributed by atoms with Crippen LogP contribution in [0.1, 0.15) is 34.1 Å². The lowest BCUT2D eigenvalue weighted by atomic mass is 10.1. The number of ether oxygens (including phenoxy) is 1. The summed E-state index contributed by atoms with van der Waals surface area (Å²) in [5.74, 6) is 0.625. The molecule has 150 valence electrons. The number of alkyl halides is 3. The van der Waals surface area contributed by atoms with Gasteiger partial charge in [0.2, 0.25) is 0 Å². The third kappa shape index (κ3) is 5.54. The van der Waals surface area contributed by atoms with Crippen LogP contribution in [0.2, 0.25) is 0 Å². The van der Waals surface area contributed by atoms with Crippen molar-refractivity contribution in [3.63, 3.8) is 0 Å². The lowest BCUT2D eigenvalue weighted by Gasteiger charge is -2.25. The molecule has 0 saturated carbocycles. The normalized spacial score (nSPS) is 15.2. The average Bonchev–Trinajstić information content (AvgIpc) is 2.75. The van der Waals surface area contributed by atoms with Crippen molar-refractivity contribution in [1.29, 1.82) is 0 Å². The van der Waals surface area contributed by atoms with Crippen molar-refractivity contribution in [2.45, 2.75) is 18.6 Å². The first-order valence-corrected chi connectivity index (χ1v) is 8.86. The van der Waals surface area contributed by atoms with E-state index in [9.17, 15) is 18.0 Å². The van der Waals surface area contributed by atoms with Crippen LogP contribution in [0.3, 0.4) is 0 Å². The van der Waals surface area contributed by atoms with Crippen LogP contribution in [0, 0.1) is 0 Å². The highest BCUT2D eigenvalue weighted by molar-refractivity contribution is 5.94. The second-order valence-corrected chi connectivity index (χ2v) is 6.15. The van der Waals surface area contributed by atoms with Crippen LogP contribution < -0.4 is 10.1 Å². The Kier molecular flexibility index (Phi) is 6.43. The number of nitrogens with one attached hydrogen (secondary N) is 1. The van der Waals surface area contributed by atoms with E-state index >= 15 is 0 Å². The van der Waals surface area contributed by atoms with Crippen molar-refractivity contribution < 1.29 is 22.7 Å². The SMILES string of the molecule is FC(F)(F)c1ccccc1.O=C(NC1CCOc2cccnc21)c1ccncc1. The van der Waals surface area contributed by atoms with E-state index in [0.29, 0.717) is 12.2 Å². The molecule has 0 radical (unpaired) electrons. The molecule has 0 saturated heterocycles. The predicted octanol–water partition coefficient (Wildman–Crippen LogP) is 4.44. The van der Waals surface area contributed by atoms with Crippen molar-refractivity contribution in [1.82, 2.24) is 15.3 Å². The highest BCUT2D eigenvalue weighted by atomic mass is 19.4. The summed E-state index contributed by atoms with van der Waals surface area (Å²) in [7, 11) is 0. The molecule has 3 heterocycles. The van der Waals surface area contributed by atoms with E-state index in [4.69, 9.17) is 4.74 Å². The van der Waals surface area contributed by atoms with Crippen LogP contribution in [-0.2, 0) is 6.18 Å². The van der Waals surface area contributed by atoms with Gasteiger partial charge in [0.25, 0.3) is 5.91 Å². The van der Waals surface area contributed by atoms with Gasteiger partial charge in [-0.2, -0.15) is 13.2 Å². The number of halogens is 3. The first-order chi connectivity index (χ1) is 13.9. The van der Waals surface area contributed by atoms with E-state index < -0.39 is 11.7 Å². The molecule has 0 fully saturated rings. The molecule has 2 aromatic heterocycles. The lowest BCUT2D eigenvalue weighted by Crippen LogP contribution is -2.32. The number of benzene rings is 1. The minimum absolute atomic E-state index is 0.106. The van der Waals surface area contributed by atoms with Crippen molar-refractivity contribution >= 4 is 5.91 Å². The molecule has 0 bridgehead atoms. The summed E-state index contributed by atoms with van der Waals surface area (Å²) in [5, 5.41) is 2.98. The minimum atomic E-state index is -4.21. The fraction of sp³-hybridized carbons (Fsp3) is 0.190. The number of aromatic nitrogens is 2. The maximum Gasteiger partial charge on any atom is 0.416 e. The monoisotopic (exact) mass is 401 g/mol. The highest BCUT2D eigenvalue weighted by Gasteiger charge is 2.29. The Morgan fingerprint density at radius 2 is 1.72 bits per heavy atom. The number of amides is 1. The Morgan fingerprint density at radius 1 is 1.00 bits per heavy atom. The Labute approximate surface area is 165 Å². The Hall–Kier alpha value is -3.42. The quantitative estimate of drug-likeness (QED) is 0.690. The molecule has 1 unspecified atom stereocenters. The Bertz CT molecular complexity index is 935. The van der Waals surface area contributed by atoms with Crippen LogP contribution in [0.15, 0.2) is 73.2 Å². The van der Waals surface area contributed by atoms with Gasteiger partial charge in [0, 0.05) is 30.6 Å². The number of hydrogen-bond acceptors (Lipinski definition) is 4. The second-order valence-electron chi connectivity index (χ2n) is 6.15. The number of fused-ring (bicyclic) bond motifs is 1. The number of hydrogen-bond donors (Lipinski definition) is 1. The number of rotatable bonds is 2. The van der Waals surface area contributed by atoms with Crippen molar-refractivity contribution in [3.05, 3.63) is 90.0 Å². The Morgan fingerprint density at radius 3 is 2.38 bits per heavy atom. The third-order valence-electron chi connectivity index (χ3n) is 4.14. The van der Waals surface area contributed by atoms with E-state index in [0.717, 1.165) is 30.0 Å². The van der Waals surface area contributed by atoms with Gasteiger partial charge in [-0.1, -0.05) is 30.3 Å². The molecule has 4 rings (SSSR count). The number of carbonyl (C=O) groups is 1. The standard InChI is InChI=1S/C14H13N3O2.C7H5F3/c18-14(10-3-7-15-8-4-10)17-11-5-9-19-12-2-1-6-16-13(11)12;8-7(9,10)6-4-2-1-3-5-6/h1-4,6-8,11H,5,9H2,(H,17,18);1-5H. The molecule has 1 atom stereocenters. The van der Waals surface area contributed by atoms with Gasteiger partial charge < -0.3 is 10.1 Å². The molecule has 3 aromatic rings. The van der Waals surface area contributed by atoms with E-state index in [1.165, 1.54) is 12.1 Å². The fourth-order valence-corrected chi connectivity index (χ4v) is 2.72. The van der Waals surface area contributed by atoms with E-state index in [1.807, 2.05) is 12.1 Å². The van der Waals surface area contributed by atoms with Crippen LogP contribution in [-0.4, -0.2) is 22.5 Å². The zero-order valence-electron chi connectivity index (χ0n) is 15.3. The van der Waals surface area contributed by atoms with E-state index in [-0.39, 0.29) is 11.9 Å². The van der Waals surface area contributed by atoms with Crippen LogP contribution in [0.5, 0.6) is 5.75 Å². The molecule has 0 spiro atoms. The molecule has 1 aromatic carbocycles. The minimum Gasteiger partial charge on any atom is -0.491 e. The highest BCUT2D eigenvalue weighted by Crippen LogP contribution is 2.30. The molecular weight excluding hydrogens is 383 g/mol. The summed E-state index contributed by atoms with van der Waals surface area (Å²) in [5.41, 5.74) is 0.783. The molecule has 29 heavy (non-hydrogen) atoms. The van der Waals surface area contributed by atoms with Crippen LogP contribution in [0.4, 0.5) is 13.2 Å². The first kappa shape index (κ1) is 20.3. The maximum atomic E-state index is 12.1. The van der Waals surface area contributed by atoms with Gasteiger partial charge in [-0.25, -0.2) is 0 Å².